The lowest BCUT2D eigenvalue weighted by Crippen LogP contribution is -2.62. The number of morpholine rings is 1. The minimum atomic E-state index is -0.497. The van der Waals surface area contributed by atoms with E-state index in [1.54, 1.807) is 0 Å². The van der Waals surface area contributed by atoms with Crippen LogP contribution in [0.25, 0.3) is 0 Å². The molecule has 1 unspecified atom stereocenters. The number of rotatable bonds is 3. The fourth-order valence-corrected chi connectivity index (χ4v) is 5.02. The molecule has 0 aromatic carbocycles. The van der Waals surface area contributed by atoms with Crippen molar-refractivity contribution < 1.29 is 23.5 Å². The number of hydrogen-bond donors (Lipinski definition) is 1. The highest BCUT2D eigenvalue weighted by atomic mass is 35.5. The number of nitrogens with one attached hydrogen (secondary N) is 1. The van der Waals surface area contributed by atoms with Crippen LogP contribution in [-0.4, -0.2) is 78.3 Å². The first kappa shape index (κ1) is 18.9. The molecule has 5 rings (SSSR count). The van der Waals surface area contributed by atoms with Crippen molar-refractivity contribution in [1.29, 1.82) is 0 Å². The SMILES string of the molecule is O=C1CO[C@H]2CCN(C(=O)N3C[C@@H]4C(COc5ncc(F)cc5Cl)[C@@H]4C3)C[C@H]2N1. The molecule has 156 valence electrons. The molecular formula is C19H22ClFN4O4. The third kappa shape index (κ3) is 3.61. The first-order valence-corrected chi connectivity index (χ1v) is 10.3. The van der Waals surface area contributed by atoms with Gasteiger partial charge in [-0.05, 0) is 24.3 Å². The predicted octanol–water partition coefficient (Wildman–Crippen LogP) is 1.14. The Balaban J connectivity index is 1.11. The smallest absolute Gasteiger partial charge is 0.320 e. The summed E-state index contributed by atoms with van der Waals surface area (Å²) < 4.78 is 24.3. The summed E-state index contributed by atoms with van der Waals surface area (Å²) in [5, 5.41) is 3.09. The first-order chi connectivity index (χ1) is 14.0. The summed E-state index contributed by atoms with van der Waals surface area (Å²) >= 11 is 5.94. The van der Waals surface area contributed by atoms with Gasteiger partial charge in [0.25, 0.3) is 0 Å². The van der Waals surface area contributed by atoms with Gasteiger partial charge in [0.15, 0.2) is 0 Å². The number of aromatic nitrogens is 1. The third-order valence-corrected chi connectivity index (χ3v) is 6.69. The maximum atomic E-state index is 13.1. The van der Waals surface area contributed by atoms with Gasteiger partial charge >= 0.3 is 6.03 Å². The average molecular weight is 425 g/mol. The molecule has 1 aromatic rings. The largest absolute Gasteiger partial charge is 0.476 e. The van der Waals surface area contributed by atoms with Crippen molar-refractivity contribution >= 4 is 23.5 Å². The summed E-state index contributed by atoms with van der Waals surface area (Å²) in [6, 6.07) is 1.08. The Hall–Kier alpha value is -2.13. The van der Waals surface area contributed by atoms with E-state index in [9.17, 15) is 14.0 Å². The van der Waals surface area contributed by atoms with E-state index in [1.165, 1.54) is 6.07 Å². The van der Waals surface area contributed by atoms with Gasteiger partial charge in [-0.1, -0.05) is 11.6 Å². The summed E-state index contributed by atoms with van der Waals surface area (Å²) in [5.41, 5.74) is 0. The Morgan fingerprint density at radius 2 is 2.14 bits per heavy atom. The van der Waals surface area contributed by atoms with Crippen LogP contribution >= 0.6 is 11.6 Å². The Bertz CT molecular complexity index is 830. The van der Waals surface area contributed by atoms with E-state index in [0.717, 1.165) is 12.6 Å². The normalized spacial score (nSPS) is 33.0. The summed E-state index contributed by atoms with van der Waals surface area (Å²) in [7, 11) is 0. The van der Waals surface area contributed by atoms with Crippen molar-refractivity contribution in [2.75, 3.05) is 39.4 Å². The zero-order valence-corrected chi connectivity index (χ0v) is 16.5. The molecule has 8 nitrogen and oxygen atoms in total. The van der Waals surface area contributed by atoms with Gasteiger partial charge in [-0.25, -0.2) is 14.2 Å². The van der Waals surface area contributed by atoms with Crippen molar-refractivity contribution in [3.05, 3.63) is 23.1 Å². The zero-order valence-electron chi connectivity index (χ0n) is 15.7. The highest BCUT2D eigenvalue weighted by Gasteiger charge is 2.57. The predicted molar refractivity (Wildman–Crippen MR) is 100.0 cm³/mol. The Labute approximate surface area is 172 Å². The standard InChI is InChI=1S/C19H22ClFN4O4/c20-14-3-10(21)4-22-18(14)29-8-13-11-5-25(6-12(11)13)19(27)24-2-1-16-15(7-24)23-17(26)9-28-16/h3-4,11-13,15-16H,1-2,5-9H2,(H,23,26)/t11-,12+,13?,15-,16+/m1/s1. The van der Waals surface area contributed by atoms with E-state index < -0.39 is 5.82 Å². The second kappa shape index (κ2) is 7.28. The van der Waals surface area contributed by atoms with Crippen molar-refractivity contribution in [3.8, 4) is 5.88 Å². The number of carbonyl (C=O) groups excluding carboxylic acids is 2. The average Bonchev–Trinajstić information content (AvgIpc) is 3.15. The van der Waals surface area contributed by atoms with Crippen LogP contribution in [0.2, 0.25) is 5.02 Å². The number of urea groups is 1. The number of nitrogens with zero attached hydrogens (tertiary/aromatic N) is 3. The number of pyridine rings is 1. The van der Waals surface area contributed by atoms with E-state index >= 15 is 0 Å². The van der Waals surface area contributed by atoms with Crippen molar-refractivity contribution in [3.63, 3.8) is 0 Å². The Morgan fingerprint density at radius 3 is 2.90 bits per heavy atom. The molecule has 1 aliphatic carbocycles. The van der Waals surface area contributed by atoms with Gasteiger partial charge in [-0.15, -0.1) is 0 Å². The molecule has 3 aliphatic heterocycles. The molecule has 4 heterocycles. The second-order valence-corrected chi connectivity index (χ2v) is 8.60. The van der Waals surface area contributed by atoms with Gasteiger partial charge in [-0.3, -0.25) is 4.79 Å². The Kier molecular flexibility index (Phi) is 4.74. The molecule has 3 amide bonds. The Morgan fingerprint density at radius 1 is 1.34 bits per heavy atom. The number of halogens is 2. The maximum Gasteiger partial charge on any atom is 0.320 e. The molecule has 1 saturated carbocycles. The van der Waals surface area contributed by atoms with E-state index in [4.69, 9.17) is 21.1 Å². The highest BCUT2D eigenvalue weighted by Crippen LogP contribution is 2.52. The molecule has 29 heavy (non-hydrogen) atoms. The van der Waals surface area contributed by atoms with E-state index in [0.29, 0.717) is 50.5 Å². The van der Waals surface area contributed by atoms with Crippen molar-refractivity contribution in [2.24, 2.45) is 17.8 Å². The third-order valence-electron chi connectivity index (χ3n) is 6.42. The number of carbonyl (C=O) groups is 2. The van der Waals surface area contributed by atoms with Gasteiger partial charge in [0.2, 0.25) is 11.8 Å². The highest BCUT2D eigenvalue weighted by molar-refractivity contribution is 6.31. The second-order valence-electron chi connectivity index (χ2n) is 8.19. The minimum absolute atomic E-state index is 0.00263. The molecule has 10 heteroatoms. The number of hydrogen-bond acceptors (Lipinski definition) is 5. The topological polar surface area (TPSA) is 84.0 Å². The van der Waals surface area contributed by atoms with Gasteiger partial charge in [-0.2, -0.15) is 0 Å². The molecule has 4 aliphatic rings. The van der Waals surface area contributed by atoms with Crippen LogP contribution < -0.4 is 10.1 Å². The van der Waals surface area contributed by atoms with Crippen LogP contribution in [0.4, 0.5) is 9.18 Å². The van der Waals surface area contributed by atoms with Gasteiger partial charge < -0.3 is 24.6 Å². The molecule has 0 radical (unpaired) electrons. The summed E-state index contributed by atoms with van der Waals surface area (Å²) in [6.07, 6.45) is 1.81. The van der Waals surface area contributed by atoms with Crippen LogP contribution in [0.1, 0.15) is 6.42 Å². The van der Waals surface area contributed by atoms with Crippen LogP contribution in [-0.2, 0) is 9.53 Å². The molecule has 5 atom stereocenters. The van der Waals surface area contributed by atoms with E-state index in [2.05, 4.69) is 10.3 Å². The number of amides is 3. The maximum absolute atomic E-state index is 13.1. The van der Waals surface area contributed by atoms with Gasteiger partial charge in [0.05, 0.1) is 24.9 Å². The van der Waals surface area contributed by atoms with Crippen molar-refractivity contribution in [1.82, 2.24) is 20.1 Å². The molecule has 3 saturated heterocycles. The first-order valence-electron chi connectivity index (χ1n) is 9.88. The lowest BCUT2D eigenvalue weighted by Gasteiger charge is -2.42. The van der Waals surface area contributed by atoms with Crippen LogP contribution in [0.15, 0.2) is 12.3 Å². The summed E-state index contributed by atoms with van der Waals surface area (Å²) in [5.74, 6) is 0.802. The molecular weight excluding hydrogens is 403 g/mol. The lowest BCUT2D eigenvalue weighted by atomic mass is 10.0. The van der Waals surface area contributed by atoms with Crippen LogP contribution in [0, 0.1) is 23.6 Å². The van der Waals surface area contributed by atoms with E-state index in [-0.39, 0.29) is 41.6 Å². The van der Waals surface area contributed by atoms with Crippen LogP contribution in [0.5, 0.6) is 5.88 Å². The fraction of sp³-hybridized carbons (Fsp3) is 0.632. The molecule has 1 aromatic heterocycles. The number of fused-ring (bicyclic) bond motifs is 2. The molecule has 0 spiro atoms. The minimum Gasteiger partial charge on any atom is -0.476 e. The van der Waals surface area contributed by atoms with Gasteiger partial charge in [0, 0.05) is 32.1 Å². The summed E-state index contributed by atoms with van der Waals surface area (Å²) in [4.78, 5) is 32.0. The van der Waals surface area contributed by atoms with Crippen LogP contribution in [0.3, 0.4) is 0 Å². The monoisotopic (exact) mass is 424 g/mol. The molecule has 0 bridgehead atoms. The number of ether oxygens (including phenoxy) is 2. The molecule has 1 N–H and O–H groups in total. The van der Waals surface area contributed by atoms with Crippen molar-refractivity contribution in [2.45, 2.75) is 18.6 Å². The number of piperidine rings is 2. The summed E-state index contributed by atoms with van der Waals surface area (Å²) in [6.45, 7) is 3.11. The lowest BCUT2D eigenvalue weighted by molar-refractivity contribution is -0.139. The quantitative estimate of drug-likeness (QED) is 0.786. The molecule has 4 fully saturated rings. The zero-order chi connectivity index (χ0) is 20.1. The fourth-order valence-electron chi connectivity index (χ4n) is 4.81. The van der Waals surface area contributed by atoms with Gasteiger partial charge in [0.1, 0.15) is 17.4 Å². The van der Waals surface area contributed by atoms with E-state index in [1.807, 2.05) is 9.80 Å². The number of likely N-dealkylation sites (tertiary alicyclic amines) is 2.